The van der Waals surface area contributed by atoms with E-state index in [1.54, 1.807) is 0 Å². The molecule has 1 N–H and O–H groups in total. The molecule has 0 unspecified atom stereocenters. The highest BCUT2D eigenvalue weighted by Gasteiger charge is 2.27. The van der Waals surface area contributed by atoms with E-state index in [2.05, 4.69) is 57.0 Å². The van der Waals surface area contributed by atoms with Gasteiger partial charge in [0.15, 0.2) is 0 Å². The van der Waals surface area contributed by atoms with Crippen molar-refractivity contribution in [2.45, 2.75) is 51.5 Å². The minimum absolute atomic E-state index is 0.591. The number of halogens is 1. The highest BCUT2D eigenvalue weighted by molar-refractivity contribution is 9.10. The van der Waals surface area contributed by atoms with Crippen LogP contribution in [-0.2, 0) is 0 Å². The van der Waals surface area contributed by atoms with Gasteiger partial charge in [-0.05, 0) is 69.1 Å². The molecule has 0 aliphatic heterocycles. The molecule has 0 radical (unpaired) electrons. The van der Waals surface area contributed by atoms with Crippen molar-refractivity contribution in [2.75, 3.05) is 25.5 Å². The van der Waals surface area contributed by atoms with Crippen molar-refractivity contribution in [3.05, 3.63) is 16.5 Å². The molecule has 4 nitrogen and oxygen atoms in total. The smallest absolute Gasteiger partial charge is 0.135 e. The first-order valence-corrected chi connectivity index (χ1v) is 8.34. The maximum atomic E-state index is 4.59. The minimum Gasteiger partial charge on any atom is -0.370 e. The zero-order valence-electron chi connectivity index (χ0n) is 12.7. The van der Waals surface area contributed by atoms with Crippen LogP contribution >= 0.6 is 15.9 Å². The molecule has 1 aromatic rings. The van der Waals surface area contributed by atoms with E-state index in [-0.39, 0.29) is 0 Å². The molecule has 1 fully saturated rings. The Morgan fingerprint density at radius 1 is 1.35 bits per heavy atom. The van der Waals surface area contributed by atoms with Crippen LogP contribution in [0.4, 0.5) is 5.82 Å². The molecule has 1 heterocycles. The molecule has 0 spiro atoms. The zero-order chi connectivity index (χ0) is 14.5. The standard InChI is InChI=1S/C15H25BrN4/c1-11(2)20(3)9-5-4-8-17-14-10-13(16)18-15(19-14)12-6-7-12/h10-12H,4-9H2,1-3H3,(H,17,18,19). The second-order valence-electron chi connectivity index (χ2n) is 5.92. The van der Waals surface area contributed by atoms with Crippen molar-refractivity contribution in [3.63, 3.8) is 0 Å². The molecule has 20 heavy (non-hydrogen) atoms. The average Bonchev–Trinajstić information content (AvgIpc) is 3.21. The molecule has 1 saturated carbocycles. The molecule has 0 bridgehead atoms. The normalized spacial score (nSPS) is 15.1. The summed E-state index contributed by atoms with van der Waals surface area (Å²) in [5, 5.41) is 3.41. The molecule has 0 aromatic carbocycles. The molecule has 1 aliphatic rings. The number of hydrogen-bond donors (Lipinski definition) is 1. The Kier molecular flexibility index (Phi) is 5.78. The molecule has 1 aliphatic carbocycles. The molecule has 0 amide bonds. The summed E-state index contributed by atoms with van der Waals surface area (Å²) < 4.78 is 0.886. The van der Waals surface area contributed by atoms with Gasteiger partial charge in [-0.25, -0.2) is 9.97 Å². The summed E-state index contributed by atoms with van der Waals surface area (Å²) in [4.78, 5) is 11.4. The van der Waals surface area contributed by atoms with Crippen molar-refractivity contribution in [1.29, 1.82) is 0 Å². The molecule has 2 rings (SSSR count). The number of rotatable bonds is 8. The number of nitrogens with one attached hydrogen (secondary N) is 1. The van der Waals surface area contributed by atoms with Gasteiger partial charge in [-0.2, -0.15) is 0 Å². The lowest BCUT2D eigenvalue weighted by atomic mass is 10.2. The largest absolute Gasteiger partial charge is 0.370 e. The van der Waals surface area contributed by atoms with Gasteiger partial charge < -0.3 is 10.2 Å². The van der Waals surface area contributed by atoms with Crippen LogP contribution in [0, 0.1) is 0 Å². The van der Waals surface area contributed by atoms with Crippen molar-refractivity contribution < 1.29 is 0 Å². The van der Waals surface area contributed by atoms with Crippen LogP contribution in [0.15, 0.2) is 10.7 Å². The van der Waals surface area contributed by atoms with Crippen LogP contribution in [0.5, 0.6) is 0 Å². The number of unbranched alkanes of at least 4 members (excludes halogenated alkanes) is 1. The van der Waals surface area contributed by atoms with Crippen LogP contribution in [0.2, 0.25) is 0 Å². The molecule has 5 heteroatoms. The highest BCUT2D eigenvalue weighted by Crippen LogP contribution is 2.38. The van der Waals surface area contributed by atoms with Gasteiger partial charge in [0.1, 0.15) is 16.2 Å². The zero-order valence-corrected chi connectivity index (χ0v) is 14.3. The second-order valence-corrected chi connectivity index (χ2v) is 6.73. The Labute approximate surface area is 130 Å². The summed E-state index contributed by atoms with van der Waals surface area (Å²) in [6.07, 6.45) is 4.84. The Morgan fingerprint density at radius 2 is 2.10 bits per heavy atom. The quantitative estimate of drug-likeness (QED) is 0.579. The first kappa shape index (κ1) is 15.7. The lowest BCUT2D eigenvalue weighted by molar-refractivity contribution is 0.269. The summed E-state index contributed by atoms with van der Waals surface area (Å²) in [5.74, 6) is 2.53. The molecule has 0 atom stereocenters. The Bertz CT molecular complexity index is 432. The van der Waals surface area contributed by atoms with Crippen molar-refractivity contribution in [2.24, 2.45) is 0 Å². The molecule has 112 valence electrons. The van der Waals surface area contributed by atoms with Gasteiger partial charge in [-0.15, -0.1) is 0 Å². The number of hydrogen-bond acceptors (Lipinski definition) is 4. The van der Waals surface area contributed by atoms with E-state index in [0.29, 0.717) is 12.0 Å². The van der Waals surface area contributed by atoms with Gasteiger partial charge in [0.2, 0.25) is 0 Å². The summed E-state index contributed by atoms with van der Waals surface area (Å²) in [5.41, 5.74) is 0. The highest BCUT2D eigenvalue weighted by atomic mass is 79.9. The van der Waals surface area contributed by atoms with E-state index in [1.165, 1.54) is 19.3 Å². The predicted molar refractivity (Wildman–Crippen MR) is 87.2 cm³/mol. The molecule has 0 saturated heterocycles. The van der Waals surface area contributed by atoms with Crippen molar-refractivity contribution >= 4 is 21.7 Å². The Balaban J connectivity index is 1.71. The fraction of sp³-hybridized carbons (Fsp3) is 0.733. The van der Waals surface area contributed by atoms with Crippen molar-refractivity contribution in [3.8, 4) is 0 Å². The fourth-order valence-electron chi connectivity index (χ4n) is 2.01. The second kappa shape index (κ2) is 7.36. The van der Waals surface area contributed by atoms with E-state index < -0.39 is 0 Å². The van der Waals surface area contributed by atoms with Crippen LogP contribution < -0.4 is 5.32 Å². The molecular formula is C15H25BrN4. The van der Waals surface area contributed by atoms with Gasteiger partial charge in [-0.3, -0.25) is 0 Å². The van der Waals surface area contributed by atoms with E-state index in [9.17, 15) is 0 Å². The maximum Gasteiger partial charge on any atom is 0.135 e. The van der Waals surface area contributed by atoms with Gasteiger partial charge in [0.25, 0.3) is 0 Å². The van der Waals surface area contributed by atoms with Crippen molar-refractivity contribution in [1.82, 2.24) is 14.9 Å². The monoisotopic (exact) mass is 340 g/mol. The lowest BCUT2D eigenvalue weighted by Gasteiger charge is -2.20. The predicted octanol–water partition coefficient (Wildman–Crippen LogP) is 3.65. The van der Waals surface area contributed by atoms with Crippen LogP contribution in [-0.4, -0.2) is 41.0 Å². The Morgan fingerprint density at radius 3 is 2.75 bits per heavy atom. The Hall–Kier alpha value is -0.680. The summed E-state index contributed by atoms with van der Waals surface area (Å²) in [6, 6.07) is 2.59. The first-order chi connectivity index (χ1) is 9.56. The van der Waals surface area contributed by atoms with Gasteiger partial charge in [0, 0.05) is 24.6 Å². The topological polar surface area (TPSA) is 41.0 Å². The van der Waals surface area contributed by atoms with E-state index in [4.69, 9.17) is 0 Å². The summed E-state index contributed by atoms with van der Waals surface area (Å²) in [6.45, 7) is 6.59. The maximum absolute atomic E-state index is 4.59. The minimum atomic E-state index is 0.591. The van der Waals surface area contributed by atoms with E-state index >= 15 is 0 Å². The van der Waals surface area contributed by atoms with Gasteiger partial charge in [0.05, 0.1) is 0 Å². The fourth-order valence-corrected chi connectivity index (χ4v) is 2.41. The third-order valence-corrected chi connectivity index (χ3v) is 4.19. The molecule has 1 aromatic heterocycles. The average molecular weight is 341 g/mol. The van der Waals surface area contributed by atoms with Gasteiger partial charge >= 0.3 is 0 Å². The van der Waals surface area contributed by atoms with Crippen LogP contribution in [0.25, 0.3) is 0 Å². The third-order valence-electron chi connectivity index (χ3n) is 3.78. The summed E-state index contributed by atoms with van der Waals surface area (Å²) in [7, 11) is 2.18. The van der Waals surface area contributed by atoms with Crippen LogP contribution in [0.1, 0.15) is 51.3 Å². The summed E-state index contributed by atoms with van der Waals surface area (Å²) >= 11 is 3.47. The first-order valence-electron chi connectivity index (χ1n) is 7.55. The van der Waals surface area contributed by atoms with Gasteiger partial charge in [-0.1, -0.05) is 0 Å². The third kappa shape index (κ3) is 5.02. The van der Waals surface area contributed by atoms with Crippen LogP contribution in [0.3, 0.4) is 0 Å². The SMILES string of the molecule is CC(C)N(C)CCCCNc1cc(Br)nc(C2CC2)n1. The molecular weight excluding hydrogens is 316 g/mol. The number of nitrogens with zero attached hydrogens (tertiary/aromatic N) is 3. The number of aromatic nitrogens is 2. The number of anilines is 1. The van der Waals surface area contributed by atoms with E-state index in [1.807, 2.05) is 6.07 Å². The lowest BCUT2D eigenvalue weighted by Crippen LogP contribution is -2.27. The van der Waals surface area contributed by atoms with E-state index in [0.717, 1.165) is 35.8 Å².